The number of rotatable bonds is 8. The van der Waals surface area contributed by atoms with Gasteiger partial charge in [-0.3, -0.25) is 4.79 Å². The van der Waals surface area contributed by atoms with Crippen LogP contribution in [0.15, 0.2) is 60.3 Å². The Morgan fingerprint density at radius 1 is 1.13 bits per heavy atom. The standard InChI is InChI=1S/C26H25ClF4N4O3/c1-32-38-24(20-16-33-35(25(20)26(29,30)31)18-6-3-2-4-7-18)17(14-19-21(27)8-5-9-22(19)28)15-23(36)34-10-12-37-13-11-34/h2-9,16,32H,10-15H2,1H3/b24-17+. The van der Waals surface area contributed by atoms with Crippen molar-refractivity contribution in [2.45, 2.75) is 19.0 Å². The van der Waals surface area contributed by atoms with Crippen LogP contribution in [0.1, 0.15) is 23.2 Å². The predicted molar refractivity (Wildman–Crippen MR) is 133 cm³/mol. The smallest absolute Gasteiger partial charge is 0.408 e. The molecule has 2 aromatic carbocycles. The molecule has 0 bridgehead atoms. The number of nitrogens with zero attached hydrogens (tertiary/aromatic N) is 3. The summed E-state index contributed by atoms with van der Waals surface area (Å²) in [5, 5.41) is 4.06. The number of carbonyl (C=O) groups is 1. The summed E-state index contributed by atoms with van der Waals surface area (Å²) in [5.41, 5.74) is 1.20. The number of hydrogen-bond acceptors (Lipinski definition) is 5. The van der Waals surface area contributed by atoms with E-state index in [1.165, 1.54) is 37.4 Å². The quantitative estimate of drug-likeness (QED) is 0.241. The molecule has 1 aliphatic rings. The molecular weight excluding hydrogens is 528 g/mol. The molecule has 38 heavy (non-hydrogen) atoms. The van der Waals surface area contributed by atoms with Crippen molar-refractivity contribution in [3.8, 4) is 5.69 Å². The van der Waals surface area contributed by atoms with E-state index in [2.05, 4.69) is 10.6 Å². The van der Waals surface area contributed by atoms with Crippen LogP contribution in [0.25, 0.3) is 11.4 Å². The summed E-state index contributed by atoms with van der Waals surface area (Å²) >= 11 is 6.25. The molecule has 0 radical (unpaired) electrons. The maximum atomic E-state index is 14.8. The van der Waals surface area contributed by atoms with E-state index in [0.717, 1.165) is 10.9 Å². The first-order chi connectivity index (χ1) is 18.2. The summed E-state index contributed by atoms with van der Waals surface area (Å²) in [6.45, 7) is 1.33. The first kappa shape index (κ1) is 27.6. The number of para-hydroxylation sites is 1. The number of benzene rings is 2. The van der Waals surface area contributed by atoms with Crippen LogP contribution in [0.2, 0.25) is 5.02 Å². The molecule has 202 valence electrons. The average molecular weight is 553 g/mol. The van der Waals surface area contributed by atoms with E-state index in [4.69, 9.17) is 21.2 Å². The van der Waals surface area contributed by atoms with Crippen LogP contribution >= 0.6 is 11.6 Å². The van der Waals surface area contributed by atoms with Gasteiger partial charge in [-0.25, -0.2) is 9.07 Å². The highest BCUT2D eigenvalue weighted by molar-refractivity contribution is 6.31. The van der Waals surface area contributed by atoms with E-state index in [1.54, 1.807) is 23.1 Å². The van der Waals surface area contributed by atoms with Gasteiger partial charge in [0.05, 0.1) is 37.1 Å². The fourth-order valence-electron chi connectivity index (χ4n) is 4.22. The highest BCUT2D eigenvalue weighted by Crippen LogP contribution is 2.39. The maximum Gasteiger partial charge on any atom is 0.434 e. The number of nitrogens with one attached hydrogen (secondary N) is 1. The number of carbonyl (C=O) groups excluding carboxylic acids is 1. The number of aromatic nitrogens is 2. The largest absolute Gasteiger partial charge is 0.434 e. The zero-order chi connectivity index (χ0) is 27.3. The summed E-state index contributed by atoms with van der Waals surface area (Å²) in [6.07, 6.45) is -4.44. The second-order valence-corrected chi connectivity index (χ2v) is 8.84. The van der Waals surface area contributed by atoms with E-state index < -0.39 is 23.3 Å². The number of morpholine rings is 1. The van der Waals surface area contributed by atoms with E-state index in [0.29, 0.717) is 26.3 Å². The average Bonchev–Trinajstić information content (AvgIpc) is 3.36. The van der Waals surface area contributed by atoms with Crippen molar-refractivity contribution in [1.82, 2.24) is 20.2 Å². The highest BCUT2D eigenvalue weighted by atomic mass is 35.5. The number of hydrogen-bond donors (Lipinski definition) is 1. The van der Waals surface area contributed by atoms with Crippen molar-refractivity contribution in [2.24, 2.45) is 0 Å². The number of alkyl halides is 3. The first-order valence-electron chi connectivity index (χ1n) is 11.8. The van der Waals surface area contributed by atoms with Crippen LogP contribution in [0, 0.1) is 5.82 Å². The van der Waals surface area contributed by atoms with Crippen LogP contribution in [-0.2, 0) is 27.0 Å². The monoisotopic (exact) mass is 552 g/mol. The third-order valence-electron chi connectivity index (χ3n) is 5.99. The highest BCUT2D eigenvalue weighted by Gasteiger charge is 2.41. The molecule has 0 unspecified atom stereocenters. The molecule has 0 aliphatic carbocycles. The number of ether oxygens (including phenoxy) is 1. The molecule has 2 heterocycles. The van der Waals surface area contributed by atoms with Gasteiger partial charge in [0.1, 0.15) is 5.82 Å². The topological polar surface area (TPSA) is 68.6 Å². The Hall–Kier alpha value is -3.41. The minimum atomic E-state index is -4.85. The van der Waals surface area contributed by atoms with Gasteiger partial charge in [-0.1, -0.05) is 35.9 Å². The van der Waals surface area contributed by atoms with Crippen molar-refractivity contribution in [3.05, 3.63) is 88.0 Å². The number of halogens is 5. The Balaban J connectivity index is 1.90. The third kappa shape index (κ3) is 6.17. The molecule has 1 aromatic heterocycles. The second kappa shape index (κ2) is 12.0. The molecule has 1 N–H and O–H groups in total. The Bertz CT molecular complexity index is 1290. The summed E-state index contributed by atoms with van der Waals surface area (Å²) in [7, 11) is 1.37. The Morgan fingerprint density at radius 2 is 1.84 bits per heavy atom. The minimum absolute atomic E-state index is 0.0279. The number of hydroxylamine groups is 1. The molecule has 12 heteroatoms. The summed E-state index contributed by atoms with van der Waals surface area (Å²) < 4.78 is 64.2. The van der Waals surface area contributed by atoms with Gasteiger partial charge in [-0.2, -0.15) is 23.8 Å². The van der Waals surface area contributed by atoms with Crippen molar-refractivity contribution >= 4 is 23.3 Å². The van der Waals surface area contributed by atoms with Gasteiger partial charge in [0, 0.05) is 37.1 Å². The molecule has 0 saturated carbocycles. The van der Waals surface area contributed by atoms with E-state index in [9.17, 15) is 22.4 Å². The van der Waals surface area contributed by atoms with Gasteiger partial charge >= 0.3 is 6.18 Å². The lowest BCUT2D eigenvalue weighted by Crippen LogP contribution is -2.40. The Labute approximate surface area is 221 Å². The van der Waals surface area contributed by atoms with Gasteiger partial charge in [0.25, 0.3) is 0 Å². The van der Waals surface area contributed by atoms with Crippen LogP contribution in [0.4, 0.5) is 17.6 Å². The molecule has 1 saturated heterocycles. The molecule has 1 aliphatic heterocycles. The molecule has 0 spiro atoms. The van der Waals surface area contributed by atoms with Gasteiger partial charge in [0.15, 0.2) is 11.5 Å². The molecule has 3 aromatic rings. The number of amides is 1. The predicted octanol–water partition coefficient (Wildman–Crippen LogP) is 5.04. The molecule has 1 fully saturated rings. The van der Waals surface area contributed by atoms with Crippen molar-refractivity contribution in [1.29, 1.82) is 0 Å². The normalized spacial score (nSPS) is 14.8. The van der Waals surface area contributed by atoms with Gasteiger partial charge in [-0.05, 0) is 29.8 Å². The lowest BCUT2D eigenvalue weighted by molar-refractivity contribution is -0.143. The molecule has 4 rings (SSSR count). The lowest BCUT2D eigenvalue weighted by Gasteiger charge is -2.28. The lowest BCUT2D eigenvalue weighted by atomic mass is 9.97. The Kier molecular flexibility index (Phi) is 8.70. The molecular formula is C26H25ClF4N4O3. The summed E-state index contributed by atoms with van der Waals surface area (Å²) in [5.74, 6) is -1.31. The van der Waals surface area contributed by atoms with Crippen LogP contribution < -0.4 is 5.48 Å². The fraction of sp³-hybridized carbons (Fsp3) is 0.308. The summed E-state index contributed by atoms with van der Waals surface area (Å²) in [4.78, 5) is 20.3. The SMILES string of the molecule is CNO/C(=C(/CC(=O)N1CCOCC1)Cc1c(F)cccc1Cl)c1cnn(-c2ccccc2)c1C(F)(F)F. The maximum absolute atomic E-state index is 14.8. The van der Waals surface area contributed by atoms with Crippen molar-refractivity contribution < 1.29 is 31.9 Å². The van der Waals surface area contributed by atoms with Gasteiger partial charge in [0.2, 0.25) is 5.91 Å². The second-order valence-electron chi connectivity index (χ2n) is 8.44. The van der Waals surface area contributed by atoms with Gasteiger partial charge in [-0.15, -0.1) is 0 Å². The third-order valence-corrected chi connectivity index (χ3v) is 6.34. The van der Waals surface area contributed by atoms with Crippen molar-refractivity contribution in [2.75, 3.05) is 33.4 Å². The minimum Gasteiger partial charge on any atom is -0.408 e. The van der Waals surface area contributed by atoms with Gasteiger partial charge < -0.3 is 14.5 Å². The molecule has 7 nitrogen and oxygen atoms in total. The van der Waals surface area contributed by atoms with Crippen LogP contribution in [-0.4, -0.2) is 53.9 Å². The molecule has 0 atom stereocenters. The van der Waals surface area contributed by atoms with Crippen LogP contribution in [0.5, 0.6) is 0 Å². The van der Waals surface area contributed by atoms with E-state index in [-0.39, 0.29) is 46.4 Å². The molecule has 1 amide bonds. The Morgan fingerprint density at radius 3 is 2.47 bits per heavy atom. The first-order valence-corrected chi connectivity index (χ1v) is 12.1. The zero-order valence-corrected chi connectivity index (χ0v) is 21.2. The summed E-state index contributed by atoms with van der Waals surface area (Å²) in [6, 6.07) is 11.9. The zero-order valence-electron chi connectivity index (χ0n) is 20.4. The van der Waals surface area contributed by atoms with E-state index >= 15 is 0 Å². The fourth-order valence-corrected chi connectivity index (χ4v) is 4.45. The van der Waals surface area contributed by atoms with E-state index in [1.807, 2.05) is 0 Å². The van der Waals surface area contributed by atoms with Crippen molar-refractivity contribution in [3.63, 3.8) is 0 Å². The van der Waals surface area contributed by atoms with Crippen LogP contribution in [0.3, 0.4) is 0 Å².